The molecule has 0 atom stereocenters. The number of para-hydroxylation sites is 1. The lowest BCUT2D eigenvalue weighted by Crippen LogP contribution is -2.29. The van der Waals surface area contributed by atoms with Gasteiger partial charge in [-0.3, -0.25) is 9.10 Å². The number of hydrogen-bond donors (Lipinski definition) is 1. The average Bonchev–Trinajstić information content (AvgIpc) is 3.28. The summed E-state index contributed by atoms with van der Waals surface area (Å²) in [5.41, 5.74) is 2.66. The lowest BCUT2D eigenvalue weighted by molar-refractivity contribution is -0.142. The van der Waals surface area contributed by atoms with Gasteiger partial charge >= 0.3 is 5.97 Å². The Kier molecular flexibility index (Phi) is 6.74. The first kappa shape index (κ1) is 23.2. The molecule has 0 unspecified atom stereocenters. The van der Waals surface area contributed by atoms with Crippen molar-refractivity contribution < 1.29 is 27.1 Å². The van der Waals surface area contributed by atoms with E-state index in [1.807, 2.05) is 18.2 Å². The summed E-state index contributed by atoms with van der Waals surface area (Å²) in [6.07, 6.45) is 3.27. The number of carbonyl (C=O) groups is 2. The van der Waals surface area contributed by atoms with Gasteiger partial charge in [0.1, 0.15) is 5.82 Å². The maximum absolute atomic E-state index is 13.0. The van der Waals surface area contributed by atoms with Crippen LogP contribution in [-0.4, -0.2) is 33.4 Å². The van der Waals surface area contributed by atoms with Crippen molar-refractivity contribution in [2.45, 2.75) is 11.3 Å². The molecule has 0 aromatic heterocycles. The van der Waals surface area contributed by atoms with Gasteiger partial charge in [0.15, 0.2) is 6.61 Å². The molecule has 7 nitrogen and oxygen atoms in total. The Bertz CT molecular complexity index is 1340. The third-order valence-corrected chi connectivity index (χ3v) is 7.03. The summed E-state index contributed by atoms with van der Waals surface area (Å²) in [6.45, 7) is -0.112. The second-order valence-electron chi connectivity index (χ2n) is 7.52. The van der Waals surface area contributed by atoms with Gasteiger partial charge in [0.05, 0.1) is 10.6 Å². The zero-order valence-corrected chi connectivity index (χ0v) is 18.8. The van der Waals surface area contributed by atoms with Gasteiger partial charge < -0.3 is 10.1 Å². The molecule has 0 fully saturated rings. The van der Waals surface area contributed by atoms with Crippen LogP contribution >= 0.6 is 0 Å². The van der Waals surface area contributed by atoms with Gasteiger partial charge in [-0.05, 0) is 66.1 Å². The molecule has 0 aliphatic carbocycles. The molecule has 0 radical (unpaired) electrons. The molecule has 3 aromatic carbocycles. The van der Waals surface area contributed by atoms with Gasteiger partial charge in [0.25, 0.3) is 15.9 Å². The Balaban J connectivity index is 1.32. The van der Waals surface area contributed by atoms with E-state index < -0.39 is 34.3 Å². The Morgan fingerprint density at radius 2 is 1.71 bits per heavy atom. The highest BCUT2D eigenvalue weighted by Crippen LogP contribution is 2.32. The third kappa shape index (κ3) is 5.32. The zero-order valence-electron chi connectivity index (χ0n) is 18.0. The van der Waals surface area contributed by atoms with Crippen LogP contribution in [-0.2, 0) is 30.8 Å². The minimum Gasteiger partial charge on any atom is -0.452 e. The van der Waals surface area contributed by atoms with E-state index in [2.05, 4.69) is 5.32 Å². The summed E-state index contributed by atoms with van der Waals surface area (Å²) in [5.74, 6) is -1.73. The van der Waals surface area contributed by atoms with Crippen molar-refractivity contribution in [2.24, 2.45) is 0 Å². The number of carbonyl (C=O) groups excluding carboxylic acids is 2. The Morgan fingerprint density at radius 1 is 1.00 bits per heavy atom. The van der Waals surface area contributed by atoms with Crippen molar-refractivity contribution >= 4 is 39.4 Å². The topological polar surface area (TPSA) is 92.8 Å². The second kappa shape index (κ2) is 9.88. The minimum atomic E-state index is -3.69. The summed E-state index contributed by atoms with van der Waals surface area (Å²) in [4.78, 5) is 23.9. The highest BCUT2D eigenvalue weighted by molar-refractivity contribution is 7.92. The van der Waals surface area contributed by atoms with E-state index in [1.54, 1.807) is 18.2 Å². The molecular formula is C25H21FN2O5S. The summed E-state index contributed by atoms with van der Waals surface area (Å²) >= 11 is 0. The van der Waals surface area contributed by atoms with Crippen molar-refractivity contribution in [3.8, 4) is 0 Å². The standard InChI is InChI=1S/C25H21FN2O5S/c26-20-8-10-21(11-9-20)27-24(29)17-33-25(30)14-7-18-5-12-22(13-6-18)34(31,32)28-16-15-19-3-1-2-4-23(19)28/h1-14H,15-17H2,(H,27,29)/b14-7+. The maximum Gasteiger partial charge on any atom is 0.331 e. The fraction of sp³-hybridized carbons (Fsp3) is 0.120. The van der Waals surface area contributed by atoms with Crippen LogP contribution in [0.15, 0.2) is 83.8 Å². The van der Waals surface area contributed by atoms with Crippen LogP contribution in [0.5, 0.6) is 0 Å². The number of rotatable bonds is 7. The third-order valence-electron chi connectivity index (χ3n) is 5.20. The normalized spacial score (nSPS) is 13.0. The molecule has 0 saturated heterocycles. The van der Waals surface area contributed by atoms with E-state index in [-0.39, 0.29) is 4.90 Å². The number of benzene rings is 3. The van der Waals surface area contributed by atoms with Crippen LogP contribution in [0, 0.1) is 5.82 Å². The number of nitrogens with one attached hydrogen (secondary N) is 1. The molecule has 0 bridgehead atoms. The van der Waals surface area contributed by atoms with Crippen molar-refractivity contribution in [3.05, 3.63) is 95.8 Å². The highest BCUT2D eigenvalue weighted by Gasteiger charge is 2.30. The van der Waals surface area contributed by atoms with E-state index in [1.165, 1.54) is 46.8 Å². The number of halogens is 1. The number of anilines is 2. The van der Waals surface area contributed by atoms with Crippen molar-refractivity contribution in [1.82, 2.24) is 0 Å². The molecule has 0 saturated carbocycles. The van der Waals surface area contributed by atoms with E-state index >= 15 is 0 Å². The predicted octanol–water partition coefficient (Wildman–Crippen LogP) is 3.77. The number of esters is 1. The molecule has 0 spiro atoms. The van der Waals surface area contributed by atoms with Crippen LogP contribution in [0.4, 0.5) is 15.8 Å². The van der Waals surface area contributed by atoms with Gasteiger partial charge in [-0.15, -0.1) is 0 Å². The fourth-order valence-corrected chi connectivity index (χ4v) is 5.02. The number of hydrogen-bond acceptors (Lipinski definition) is 5. The molecule has 3 aromatic rings. The van der Waals surface area contributed by atoms with Crippen molar-refractivity contribution in [1.29, 1.82) is 0 Å². The molecule has 4 rings (SSSR count). The maximum atomic E-state index is 13.0. The smallest absolute Gasteiger partial charge is 0.331 e. The minimum absolute atomic E-state index is 0.154. The molecule has 1 aliphatic rings. The highest BCUT2D eigenvalue weighted by atomic mass is 32.2. The van der Waals surface area contributed by atoms with Crippen LogP contribution in [0.2, 0.25) is 0 Å². The fourth-order valence-electron chi connectivity index (χ4n) is 3.52. The first-order valence-electron chi connectivity index (χ1n) is 10.4. The molecule has 9 heteroatoms. The molecule has 174 valence electrons. The number of nitrogens with zero attached hydrogens (tertiary/aromatic N) is 1. The summed E-state index contributed by atoms with van der Waals surface area (Å²) in [5, 5.41) is 2.48. The molecule has 1 amide bonds. The quantitative estimate of drug-likeness (QED) is 0.411. The molecule has 1 heterocycles. The Hall–Kier alpha value is -3.98. The summed E-state index contributed by atoms with van der Waals surface area (Å²) < 4.78 is 45.3. The monoisotopic (exact) mass is 480 g/mol. The number of ether oxygens (including phenoxy) is 1. The summed E-state index contributed by atoms with van der Waals surface area (Å²) in [6, 6.07) is 18.7. The SMILES string of the molecule is O=C(COC(=O)/C=C/c1ccc(S(=O)(=O)N2CCc3ccccc32)cc1)Nc1ccc(F)cc1. The van der Waals surface area contributed by atoms with Crippen LogP contribution in [0.25, 0.3) is 6.08 Å². The molecule has 1 aliphatic heterocycles. The second-order valence-corrected chi connectivity index (χ2v) is 9.38. The van der Waals surface area contributed by atoms with Gasteiger partial charge in [-0.25, -0.2) is 17.6 Å². The van der Waals surface area contributed by atoms with E-state index in [0.717, 1.165) is 11.6 Å². The largest absolute Gasteiger partial charge is 0.452 e. The van der Waals surface area contributed by atoms with Crippen LogP contribution in [0.3, 0.4) is 0 Å². The number of fused-ring (bicyclic) bond motifs is 1. The van der Waals surface area contributed by atoms with E-state index in [9.17, 15) is 22.4 Å². The lowest BCUT2D eigenvalue weighted by Gasteiger charge is -2.19. The van der Waals surface area contributed by atoms with Gasteiger partial charge in [0.2, 0.25) is 0 Å². The molecule has 34 heavy (non-hydrogen) atoms. The first-order valence-corrected chi connectivity index (χ1v) is 11.9. The van der Waals surface area contributed by atoms with Crippen LogP contribution < -0.4 is 9.62 Å². The summed E-state index contributed by atoms with van der Waals surface area (Å²) in [7, 11) is -3.69. The molecule has 1 N–H and O–H groups in total. The van der Waals surface area contributed by atoms with Gasteiger partial charge in [0, 0.05) is 18.3 Å². The molecular weight excluding hydrogens is 459 g/mol. The van der Waals surface area contributed by atoms with Gasteiger partial charge in [-0.2, -0.15) is 0 Å². The Labute approximate surface area is 196 Å². The Morgan fingerprint density at radius 3 is 2.44 bits per heavy atom. The average molecular weight is 481 g/mol. The lowest BCUT2D eigenvalue weighted by atomic mass is 10.2. The van der Waals surface area contributed by atoms with Crippen LogP contribution in [0.1, 0.15) is 11.1 Å². The van der Waals surface area contributed by atoms with Gasteiger partial charge in [-0.1, -0.05) is 30.3 Å². The number of sulfonamides is 1. The number of amides is 1. The first-order chi connectivity index (χ1) is 16.3. The van der Waals surface area contributed by atoms with E-state index in [4.69, 9.17) is 4.74 Å². The predicted molar refractivity (Wildman–Crippen MR) is 126 cm³/mol. The van der Waals surface area contributed by atoms with Crippen molar-refractivity contribution in [2.75, 3.05) is 22.8 Å². The van der Waals surface area contributed by atoms with Crippen molar-refractivity contribution in [3.63, 3.8) is 0 Å². The van der Waals surface area contributed by atoms with E-state index in [0.29, 0.717) is 29.9 Å². The zero-order chi connectivity index (χ0) is 24.1.